The Kier molecular flexibility index (Phi) is 5.21. The first-order valence-electron chi connectivity index (χ1n) is 6.07. The molecular formula is C11H23NO3S. The summed E-state index contributed by atoms with van der Waals surface area (Å²) in [6, 6.07) is 0.121. The Labute approximate surface area is 98.7 Å². The number of rotatable bonds is 6. The highest BCUT2D eigenvalue weighted by Crippen LogP contribution is 2.25. The van der Waals surface area contributed by atoms with E-state index in [0.29, 0.717) is 13.0 Å². The first-order chi connectivity index (χ1) is 7.47. The van der Waals surface area contributed by atoms with Gasteiger partial charge in [-0.25, -0.2) is 8.42 Å². The van der Waals surface area contributed by atoms with Gasteiger partial charge in [-0.05, 0) is 31.6 Å². The van der Waals surface area contributed by atoms with E-state index in [9.17, 15) is 8.42 Å². The van der Waals surface area contributed by atoms with Gasteiger partial charge in [0.25, 0.3) is 0 Å². The van der Waals surface area contributed by atoms with Gasteiger partial charge in [0.2, 0.25) is 10.0 Å². The fourth-order valence-corrected chi connectivity index (χ4v) is 4.41. The third kappa shape index (κ3) is 3.71. The summed E-state index contributed by atoms with van der Waals surface area (Å²) in [5.74, 6) is 0.409. The van der Waals surface area contributed by atoms with E-state index in [1.54, 1.807) is 4.31 Å². The molecule has 1 fully saturated rings. The summed E-state index contributed by atoms with van der Waals surface area (Å²) in [5, 5.41) is 8.79. The van der Waals surface area contributed by atoms with Crippen molar-refractivity contribution in [1.29, 1.82) is 0 Å². The van der Waals surface area contributed by atoms with Crippen LogP contribution in [-0.2, 0) is 10.0 Å². The number of aliphatic hydroxyl groups excluding tert-OH is 1. The summed E-state index contributed by atoms with van der Waals surface area (Å²) in [4.78, 5) is 0. The zero-order valence-electron chi connectivity index (χ0n) is 10.2. The molecule has 1 aliphatic heterocycles. The van der Waals surface area contributed by atoms with E-state index in [-0.39, 0.29) is 24.3 Å². The molecule has 5 heteroatoms. The van der Waals surface area contributed by atoms with Gasteiger partial charge in [-0.2, -0.15) is 4.31 Å². The molecule has 0 aromatic carbocycles. The molecule has 0 radical (unpaired) electrons. The van der Waals surface area contributed by atoms with Gasteiger partial charge in [0, 0.05) is 19.2 Å². The predicted molar refractivity (Wildman–Crippen MR) is 64.7 cm³/mol. The van der Waals surface area contributed by atoms with E-state index >= 15 is 0 Å². The largest absolute Gasteiger partial charge is 0.396 e. The Morgan fingerprint density at radius 3 is 2.69 bits per heavy atom. The first-order valence-corrected chi connectivity index (χ1v) is 7.68. The smallest absolute Gasteiger partial charge is 0.214 e. The SMILES string of the molecule is CC(C)CS(=O)(=O)N1CCCC1CCCO. The van der Waals surface area contributed by atoms with Crippen molar-refractivity contribution in [3.8, 4) is 0 Å². The number of hydrogen-bond acceptors (Lipinski definition) is 3. The van der Waals surface area contributed by atoms with Crippen LogP contribution in [0.4, 0.5) is 0 Å². The molecule has 0 aliphatic carbocycles. The molecule has 96 valence electrons. The van der Waals surface area contributed by atoms with E-state index < -0.39 is 10.0 Å². The second-order valence-electron chi connectivity index (χ2n) is 4.95. The minimum atomic E-state index is -3.09. The Bertz CT molecular complexity index is 300. The molecule has 1 N–H and O–H groups in total. The topological polar surface area (TPSA) is 57.6 Å². The average molecular weight is 249 g/mol. The quantitative estimate of drug-likeness (QED) is 0.770. The van der Waals surface area contributed by atoms with Crippen LogP contribution in [0.5, 0.6) is 0 Å². The summed E-state index contributed by atoms with van der Waals surface area (Å²) in [5.41, 5.74) is 0. The van der Waals surface area contributed by atoms with Gasteiger partial charge in [0.15, 0.2) is 0 Å². The molecule has 4 nitrogen and oxygen atoms in total. The lowest BCUT2D eigenvalue weighted by molar-refractivity contribution is 0.264. The summed E-state index contributed by atoms with van der Waals surface area (Å²) in [6.07, 6.45) is 3.37. The van der Waals surface area contributed by atoms with Crippen molar-refractivity contribution in [2.75, 3.05) is 18.9 Å². The summed E-state index contributed by atoms with van der Waals surface area (Å²) < 4.78 is 25.8. The lowest BCUT2D eigenvalue weighted by atomic mass is 10.1. The van der Waals surface area contributed by atoms with Crippen LogP contribution in [0.25, 0.3) is 0 Å². The standard InChI is InChI=1S/C11H23NO3S/c1-10(2)9-16(14,15)12-7-3-5-11(12)6-4-8-13/h10-11,13H,3-9H2,1-2H3. The molecule has 0 bridgehead atoms. The lowest BCUT2D eigenvalue weighted by Crippen LogP contribution is -2.38. The maximum atomic E-state index is 12.1. The highest BCUT2D eigenvalue weighted by atomic mass is 32.2. The molecular weight excluding hydrogens is 226 g/mol. The molecule has 1 rings (SSSR count). The third-order valence-electron chi connectivity index (χ3n) is 2.92. The highest BCUT2D eigenvalue weighted by Gasteiger charge is 2.33. The van der Waals surface area contributed by atoms with Crippen LogP contribution in [0.1, 0.15) is 39.5 Å². The van der Waals surface area contributed by atoms with Crippen LogP contribution in [-0.4, -0.2) is 42.8 Å². The highest BCUT2D eigenvalue weighted by molar-refractivity contribution is 7.89. The van der Waals surface area contributed by atoms with Crippen LogP contribution in [0.3, 0.4) is 0 Å². The van der Waals surface area contributed by atoms with Gasteiger partial charge in [-0.15, -0.1) is 0 Å². The molecule has 0 saturated carbocycles. The minimum Gasteiger partial charge on any atom is -0.396 e. The number of nitrogens with zero attached hydrogens (tertiary/aromatic N) is 1. The predicted octanol–water partition coefficient (Wildman–Crippen LogP) is 1.21. The maximum Gasteiger partial charge on any atom is 0.214 e. The van der Waals surface area contributed by atoms with Gasteiger partial charge >= 0.3 is 0 Å². The van der Waals surface area contributed by atoms with E-state index in [2.05, 4.69) is 0 Å². The van der Waals surface area contributed by atoms with Crippen molar-refractivity contribution in [2.45, 2.75) is 45.6 Å². The fourth-order valence-electron chi connectivity index (χ4n) is 2.31. The van der Waals surface area contributed by atoms with Crippen molar-refractivity contribution in [3.05, 3.63) is 0 Å². The zero-order chi connectivity index (χ0) is 12.2. The maximum absolute atomic E-state index is 12.1. The molecule has 16 heavy (non-hydrogen) atoms. The Morgan fingerprint density at radius 2 is 2.12 bits per heavy atom. The molecule has 0 amide bonds. The van der Waals surface area contributed by atoms with Crippen molar-refractivity contribution in [2.24, 2.45) is 5.92 Å². The molecule has 0 aromatic heterocycles. The molecule has 1 saturated heterocycles. The van der Waals surface area contributed by atoms with Crippen molar-refractivity contribution >= 4 is 10.0 Å². The van der Waals surface area contributed by atoms with Gasteiger partial charge < -0.3 is 5.11 Å². The Balaban J connectivity index is 2.63. The number of hydrogen-bond donors (Lipinski definition) is 1. The Hall–Kier alpha value is -0.130. The van der Waals surface area contributed by atoms with Gasteiger partial charge in [0.05, 0.1) is 5.75 Å². The van der Waals surface area contributed by atoms with Crippen molar-refractivity contribution in [3.63, 3.8) is 0 Å². The van der Waals surface area contributed by atoms with Gasteiger partial charge in [-0.3, -0.25) is 0 Å². The summed E-state index contributed by atoms with van der Waals surface area (Å²) >= 11 is 0. The molecule has 1 unspecified atom stereocenters. The third-order valence-corrected chi connectivity index (χ3v) is 5.20. The van der Waals surface area contributed by atoms with Crippen molar-refractivity contribution in [1.82, 2.24) is 4.31 Å². The van der Waals surface area contributed by atoms with Crippen LogP contribution in [0.2, 0.25) is 0 Å². The van der Waals surface area contributed by atoms with Crippen LogP contribution < -0.4 is 0 Å². The molecule has 0 aromatic rings. The van der Waals surface area contributed by atoms with E-state index in [4.69, 9.17) is 5.11 Å². The van der Waals surface area contributed by atoms with Crippen molar-refractivity contribution < 1.29 is 13.5 Å². The second-order valence-corrected chi connectivity index (χ2v) is 6.91. The second kappa shape index (κ2) is 5.98. The molecule has 0 spiro atoms. The normalized spacial score (nSPS) is 23.1. The van der Waals surface area contributed by atoms with Crippen LogP contribution >= 0.6 is 0 Å². The van der Waals surface area contributed by atoms with Gasteiger partial charge in [0.1, 0.15) is 0 Å². The average Bonchev–Trinajstić information content (AvgIpc) is 2.61. The molecule has 1 heterocycles. The monoisotopic (exact) mass is 249 g/mol. The first kappa shape index (κ1) is 13.9. The minimum absolute atomic E-state index is 0.121. The van der Waals surface area contributed by atoms with E-state index in [1.807, 2.05) is 13.8 Å². The van der Waals surface area contributed by atoms with Crippen LogP contribution in [0.15, 0.2) is 0 Å². The van der Waals surface area contributed by atoms with E-state index in [1.165, 1.54) is 0 Å². The summed E-state index contributed by atoms with van der Waals surface area (Å²) in [6.45, 7) is 4.66. The zero-order valence-corrected chi connectivity index (χ0v) is 11.0. The van der Waals surface area contributed by atoms with Crippen LogP contribution in [0, 0.1) is 5.92 Å². The van der Waals surface area contributed by atoms with Gasteiger partial charge in [-0.1, -0.05) is 13.8 Å². The van der Waals surface area contributed by atoms with E-state index in [0.717, 1.165) is 19.3 Å². The fraction of sp³-hybridized carbons (Fsp3) is 1.00. The lowest BCUT2D eigenvalue weighted by Gasteiger charge is -2.24. The molecule has 1 aliphatic rings. The Morgan fingerprint density at radius 1 is 1.44 bits per heavy atom. The summed E-state index contributed by atoms with van der Waals surface area (Å²) in [7, 11) is -3.09. The number of sulfonamides is 1. The number of aliphatic hydroxyl groups is 1. The molecule has 1 atom stereocenters.